The molecule has 5 heteroatoms. The third kappa shape index (κ3) is 2.90. The molecule has 2 aromatic carbocycles. The first kappa shape index (κ1) is 20.1. The number of carbonyl (C=O) groups is 1. The summed E-state index contributed by atoms with van der Waals surface area (Å²) in [5, 5.41) is 11.2. The number of rotatable bonds is 4. The molecule has 1 unspecified atom stereocenters. The highest BCUT2D eigenvalue weighted by atomic mass is 16.5. The van der Waals surface area contributed by atoms with Crippen LogP contribution in [-0.2, 0) is 27.9 Å². The van der Waals surface area contributed by atoms with Crippen molar-refractivity contribution in [2.45, 2.75) is 37.3 Å². The summed E-state index contributed by atoms with van der Waals surface area (Å²) in [6, 6.07) is 14.9. The number of phenolic OH excluding ortho intramolecular Hbond substituents is 1. The lowest BCUT2D eigenvalue weighted by Crippen LogP contribution is -2.68. The van der Waals surface area contributed by atoms with E-state index in [1.54, 1.807) is 14.2 Å². The Bertz CT molecular complexity index is 1060. The van der Waals surface area contributed by atoms with Gasteiger partial charge in [0.15, 0.2) is 23.0 Å². The summed E-state index contributed by atoms with van der Waals surface area (Å²) in [4.78, 5) is 13.0. The van der Waals surface area contributed by atoms with Crippen LogP contribution in [0.3, 0.4) is 0 Å². The summed E-state index contributed by atoms with van der Waals surface area (Å²) in [6.45, 7) is 1.90. The van der Waals surface area contributed by atoms with Crippen molar-refractivity contribution in [2.24, 2.45) is 5.92 Å². The van der Waals surface area contributed by atoms with Gasteiger partial charge in [-0.15, -0.1) is 0 Å². The number of likely N-dealkylation sites (N-methyl/N-ethyl adjacent to an activating group) is 1. The fraction of sp³-hybridized carbons (Fsp3) is 0.423. The van der Waals surface area contributed by atoms with E-state index in [4.69, 9.17) is 9.47 Å². The van der Waals surface area contributed by atoms with Crippen LogP contribution in [0.15, 0.2) is 54.3 Å². The van der Waals surface area contributed by atoms with Crippen molar-refractivity contribution in [1.29, 1.82) is 0 Å². The minimum atomic E-state index is -0.412. The van der Waals surface area contributed by atoms with Gasteiger partial charge in [-0.2, -0.15) is 0 Å². The zero-order valence-electron chi connectivity index (χ0n) is 18.4. The normalized spacial score (nSPS) is 31.3. The number of quaternary nitrogens is 1. The number of hydrogen-bond donors (Lipinski definition) is 1. The minimum absolute atomic E-state index is 0.0201. The summed E-state index contributed by atoms with van der Waals surface area (Å²) in [7, 11) is 5.49. The van der Waals surface area contributed by atoms with Crippen LogP contribution in [0.2, 0.25) is 0 Å². The number of methoxy groups -OCH3 is 2. The minimum Gasteiger partial charge on any atom is -0.504 e. The van der Waals surface area contributed by atoms with Gasteiger partial charge in [0, 0.05) is 41.7 Å². The Hall–Kier alpha value is -2.79. The van der Waals surface area contributed by atoms with Crippen molar-refractivity contribution < 1.29 is 23.9 Å². The molecule has 2 aliphatic carbocycles. The number of hydrogen-bond acceptors (Lipinski definition) is 4. The number of fused-ring (bicyclic) bond motifs is 1. The summed E-state index contributed by atoms with van der Waals surface area (Å²) in [5.74, 6) is 1.28. The molecule has 0 radical (unpaired) electrons. The van der Waals surface area contributed by atoms with Crippen LogP contribution < -0.4 is 4.74 Å². The Labute approximate surface area is 183 Å². The monoisotopic (exact) mass is 420 g/mol. The van der Waals surface area contributed by atoms with Gasteiger partial charge in [0.05, 0.1) is 27.8 Å². The van der Waals surface area contributed by atoms with Gasteiger partial charge in [-0.1, -0.05) is 36.4 Å². The van der Waals surface area contributed by atoms with E-state index in [9.17, 15) is 9.90 Å². The van der Waals surface area contributed by atoms with E-state index in [0.29, 0.717) is 24.0 Å². The van der Waals surface area contributed by atoms with Gasteiger partial charge < -0.3 is 19.1 Å². The second kappa shape index (κ2) is 7.13. The predicted octanol–water partition coefficient (Wildman–Crippen LogP) is 3.73. The Morgan fingerprint density at radius 2 is 1.90 bits per heavy atom. The molecule has 1 fully saturated rings. The van der Waals surface area contributed by atoms with Gasteiger partial charge in [0.25, 0.3) is 0 Å². The average Bonchev–Trinajstić information content (AvgIpc) is 2.76. The molecule has 1 heterocycles. The van der Waals surface area contributed by atoms with Crippen LogP contribution in [0.1, 0.15) is 29.5 Å². The van der Waals surface area contributed by atoms with E-state index in [1.807, 2.05) is 6.07 Å². The Morgan fingerprint density at radius 3 is 2.61 bits per heavy atom. The van der Waals surface area contributed by atoms with Crippen molar-refractivity contribution in [3.05, 3.63) is 71.0 Å². The highest BCUT2D eigenvalue weighted by Crippen LogP contribution is 2.59. The molecular formula is C26H30NO4+. The standard InChI is InChI=1S/C26H29NO4/c1-27(16-17-7-5-4-6-8-17)12-11-26-15-21(28)23(31-3)14-19(26)20(27)13-18-9-10-22(30-2)25(29)24(18)26/h4-10,14,19-20H,11-13,15-16H2,1-3H3/p+1/t19-,20+,26-,27?/m0/s1. The fourth-order valence-electron chi connectivity index (χ4n) is 6.49. The van der Waals surface area contributed by atoms with Gasteiger partial charge in [0.2, 0.25) is 0 Å². The second-order valence-corrected chi connectivity index (χ2v) is 9.54. The molecule has 0 amide bonds. The molecule has 1 N–H and O–H groups in total. The molecule has 1 aliphatic heterocycles. The Morgan fingerprint density at radius 1 is 1.13 bits per heavy atom. The molecule has 2 bridgehead atoms. The molecule has 1 saturated heterocycles. The van der Waals surface area contributed by atoms with Gasteiger partial charge in [-0.3, -0.25) is 4.79 Å². The van der Waals surface area contributed by atoms with Crippen molar-refractivity contribution in [3.63, 3.8) is 0 Å². The van der Waals surface area contributed by atoms with Crippen LogP contribution in [0.4, 0.5) is 0 Å². The first-order chi connectivity index (χ1) is 14.9. The van der Waals surface area contributed by atoms with E-state index in [0.717, 1.165) is 41.5 Å². The number of ketones is 1. The van der Waals surface area contributed by atoms with Crippen LogP contribution in [0, 0.1) is 5.92 Å². The van der Waals surface area contributed by atoms with Gasteiger partial charge in [0.1, 0.15) is 12.6 Å². The second-order valence-electron chi connectivity index (χ2n) is 9.54. The number of benzene rings is 2. The number of ether oxygens (including phenoxy) is 2. The SMILES string of the molecule is COC1=C[C@H]2[C@H]3Cc4ccc(OC)c(O)c4[C@@]2(CC[N+]3(C)Cc2ccccc2)CC1=O. The summed E-state index contributed by atoms with van der Waals surface area (Å²) in [5.41, 5.74) is 2.96. The fourth-order valence-corrected chi connectivity index (χ4v) is 6.49. The first-order valence-corrected chi connectivity index (χ1v) is 11.0. The molecular weight excluding hydrogens is 390 g/mol. The number of nitrogens with zero attached hydrogens (tertiary/aromatic N) is 1. The third-order valence-corrected chi connectivity index (χ3v) is 7.98. The summed E-state index contributed by atoms with van der Waals surface area (Å²) >= 11 is 0. The van der Waals surface area contributed by atoms with E-state index < -0.39 is 5.41 Å². The molecule has 162 valence electrons. The molecule has 3 aliphatic rings. The zero-order valence-corrected chi connectivity index (χ0v) is 18.4. The quantitative estimate of drug-likeness (QED) is 0.766. The number of phenols is 1. The third-order valence-electron chi connectivity index (χ3n) is 7.98. The first-order valence-electron chi connectivity index (χ1n) is 11.0. The van der Waals surface area contributed by atoms with E-state index >= 15 is 0 Å². The molecule has 31 heavy (non-hydrogen) atoms. The smallest absolute Gasteiger partial charge is 0.197 e. The van der Waals surface area contributed by atoms with E-state index in [2.05, 4.69) is 49.5 Å². The topological polar surface area (TPSA) is 55.8 Å². The van der Waals surface area contributed by atoms with E-state index in [-0.39, 0.29) is 17.5 Å². The Balaban J connectivity index is 1.68. The van der Waals surface area contributed by atoms with Crippen molar-refractivity contribution in [1.82, 2.24) is 0 Å². The van der Waals surface area contributed by atoms with E-state index in [1.165, 1.54) is 5.56 Å². The van der Waals surface area contributed by atoms with Crippen LogP contribution >= 0.6 is 0 Å². The Kier molecular flexibility index (Phi) is 4.63. The maximum Gasteiger partial charge on any atom is 0.197 e. The molecule has 4 atom stereocenters. The number of likely N-dealkylation sites (tertiary alicyclic amines) is 1. The maximum absolute atomic E-state index is 13.0. The lowest BCUT2D eigenvalue weighted by Gasteiger charge is -2.60. The number of piperidine rings is 1. The molecule has 0 aromatic heterocycles. The lowest BCUT2D eigenvalue weighted by atomic mass is 9.53. The maximum atomic E-state index is 13.0. The van der Waals surface area contributed by atoms with Crippen molar-refractivity contribution >= 4 is 5.78 Å². The predicted molar refractivity (Wildman–Crippen MR) is 118 cm³/mol. The highest BCUT2D eigenvalue weighted by Gasteiger charge is 2.61. The van der Waals surface area contributed by atoms with Crippen molar-refractivity contribution in [2.75, 3.05) is 27.8 Å². The molecule has 0 saturated carbocycles. The van der Waals surface area contributed by atoms with Crippen molar-refractivity contribution in [3.8, 4) is 11.5 Å². The number of aromatic hydroxyl groups is 1. The highest BCUT2D eigenvalue weighted by molar-refractivity contribution is 5.96. The summed E-state index contributed by atoms with van der Waals surface area (Å²) in [6.07, 6.45) is 4.11. The molecule has 5 nitrogen and oxygen atoms in total. The number of allylic oxidation sites excluding steroid dienone is 1. The molecule has 0 spiro atoms. The summed E-state index contributed by atoms with van der Waals surface area (Å²) < 4.78 is 11.8. The molecule has 2 aromatic rings. The van der Waals surface area contributed by atoms with Crippen LogP contribution in [0.25, 0.3) is 0 Å². The molecule has 5 rings (SSSR count). The van der Waals surface area contributed by atoms with Gasteiger partial charge in [-0.25, -0.2) is 0 Å². The zero-order chi connectivity index (χ0) is 21.8. The van der Waals surface area contributed by atoms with Crippen LogP contribution in [0.5, 0.6) is 11.5 Å². The number of carbonyl (C=O) groups excluding carboxylic acids is 1. The van der Waals surface area contributed by atoms with Gasteiger partial charge >= 0.3 is 0 Å². The van der Waals surface area contributed by atoms with Gasteiger partial charge in [-0.05, 0) is 17.7 Å². The largest absolute Gasteiger partial charge is 0.504 e. The number of Topliss-reactive ketones (excluding diaryl/α,β-unsaturated/α-hetero) is 1. The van der Waals surface area contributed by atoms with Crippen LogP contribution in [-0.4, -0.2) is 49.2 Å². The average molecular weight is 421 g/mol. The lowest BCUT2D eigenvalue weighted by molar-refractivity contribution is -0.956.